The number of H-pyrrole nitrogens is 1. The summed E-state index contributed by atoms with van der Waals surface area (Å²) < 4.78 is 0. The Morgan fingerprint density at radius 1 is 1.30 bits per heavy atom. The first-order valence-corrected chi connectivity index (χ1v) is 10.5. The van der Waals surface area contributed by atoms with Crippen LogP contribution in [-0.4, -0.2) is 94.9 Å². The summed E-state index contributed by atoms with van der Waals surface area (Å²) in [7, 11) is 2.18. The second-order valence-corrected chi connectivity index (χ2v) is 8.08. The van der Waals surface area contributed by atoms with Gasteiger partial charge in [0.05, 0.1) is 11.8 Å². The van der Waals surface area contributed by atoms with Gasteiger partial charge in [-0.3, -0.25) is 14.8 Å². The van der Waals surface area contributed by atoms with Crippen molar-refractivity contribution in [3.8, 4) is 0 Å². The van der Waals surface area contributed by atoms with E-state index in [0.717, 1.165) is 82.6 Å². The fraction of sp³-hybridized carbons (Fsp3) is 0.800. The number of carbonyl (C=O) groups is 1. The van der Waals surface area contributed by atoms with Crippen LogP contribution in [-0.2, 0) is 6.42 Å². The average molecular weight is 378 g/mol. The number of nitrogens with zero attached hydrogens (tertiary/aromatic N) is 4. The Hall–Kier alpha value is -1.44. The average Bonchev–Trinajstić information content (AvgIpc) is 3.15. The van der Waals surface area contributed by atoms with Crippen molar-refractivity contribution in [2.45, 2.75) is 45.1 Å². The zero-order chi connectivity index (χ0) is 19.2. The van der Waals surface area contributed by atoms with Crippen LogP contribution in [0.3, 0.4) is 0 Å². The van der Waals surface area contributed by atoms with Gasteiger partial charge in [-0.2, -0.15) is 5.10 Å². The molecule has 2 fully saturated rings. The Morgan fingerprint density at radius 2 is 2.07 bits per heavy atom. The van der Waals surface area contributed by atoms with Crippen molar-refractivity contribution in [1.29, 1.82) is 0 Å². The fourth-order valence-electron chi connectivity index (χ4n) is 4.58. The molecule has 0 bridgehead atoms. The quantitative estimate of drug-likeness (QED) is 0.747. The van der Waals surface area contributed by atoms with Crippen LogP contribution in [0.15, 0.2) is 6.20 Å². The summed E-state index contributed by atoms with van der Waals surface area (Å²) in [4.78, 5) is 20.1. The predicted octanol–water partition coefficient (Wildman–Crippen LogP) is 1.21. The van der Waals surface area contributed by atoms with Gasteiger partial charge in [-0.15, -0.1) is 0 Å². The van der Waals surface area contributed by atoms with Gasteiger partial charge in [-0.05, 0) is 38.6 Å². The molecule has 0 radical (unpaired) electrons. The van der Waals surface area contributed by atoms with Crippen LogP contribution in [0.5, 0.6) is 0 Å². The summed E-state index contributed by atoms with van der Waals surface area (Å²) in [6.07, 6.45) is 6.34. The molecule has 0 aliphatic carbocycles. The van der Waals surface area contributed by atoms with E-state index in [9.17, 15) is 9.90 Å². The minimum absolute atomic E-state index is 0.109. The van der Waals surface area contributed by atoms with Crippen molar-refractivity contribution in [2.24, 2.45) is 5.92 Å². The largest absolute Gasteiger partial charge is 0.396 e. The van der Waals surface area contributed by atoms with E-state index in [1.54, 1.807) is 6.20 Å². The molecule has 2 atom stereocenters. The van der Waals surface area contributed by atoms with Crippen molar-refractivity contribution in [1.82, 2.24) is 24.9 Å². The first kappa shape index (κ1) is 20.3. The minimum atomic E-state index is 0.109. The number of aromatic nitrogens is 2. The molecule has 0 unspecified atom stereocenters. The van der Waals surface area contributed by atoms with Gasteiger partial charge in [0.1, 0.15) is 0 Å². The lowest BCUT2D eigenvalue weighted by molar-refractivity contribution is 0.0217. The first-order chi connectivity index (χ1) is 13.1. The van der Waals surface area contributed by atoms with Gasteiger partial charge in [-0.25, -0.2) is 0 Å². The van der Waals surface area contributed by atoms with E-state index in [1.807, 2.05) is 4.90 Å². The molecule has 3 rings (SSSR count). The van der Waals surface area contributed by atoms with Gasteiger partial charge >= 0.3 is 0 Å². The number of likely N-dealkylation sites (N-methyl/N-ethyl adjacent to an activating group) is 1. The van der Waals surface area contributed by atoms with Crippen LogP contribution in [0.25, 0.3) is 0 Å². The Kier molecular flexibility index (Phi) is 7.26. The topological polar surface area (TPSA) is 75.7 Å². The van der Waals surface area contributed by atoms with Gasteiger partial charge in [0.25, 0.3) is 5.91 Å². The highest BCUT2D eigenvalue weighted by atomic mass is 16.3. The van der Waals surface area contributed by atoms with Crippen LogP contribution < -0.4 is 0 Å². The van der Waals surface area contributed by atoms with Crippen LogP contribution in [0.2, 0.25) is 0 Å². The molecule has 27 heavy (non-hydrogen) atoms. The van der Waals surface area contributed by atoms with Crippen LogP contribution in [0, 0.1) is 5.92 Å². The molecule has 7 heteroatoms. The number of aliphatic hydroxyl groups is 1. The van der Waals surface area contributed by atoms with Crippen molar-refractivity contribution in [3.63, 3.8) is 0 Å². The van der Waals surface area contributed by atoms with E-state index in [2.05, 4.69) is 34.0 Å². The van der Waals surface area contributed by atoms with E-state index >= 15 is 0 Å². The molecular weight excluding hydrogens is 342 g/mol. The highest BCUT2D eigenvalue weighted by molar-refractivity contribution is 5.95. The van der Waals surface area contributed by atoms with Gasteiger partial charge < -0.3 is 14.9 Å². The fourth-order valence-corrected chi connectivity index (χ4v) is 4.58. The molecule has 2 aliphatic rings. The molecule has 2 N–H and O–H groups in total. The molecule has 1 aromatic heterocycles. The number of amides is 1. The molecule has 1 amide bonds. The Bertz CT molecular complexity index is 597. The number of likely N-dealkylation sites (tertiary alicyclic amines) is 1. The van der Waals surface area contributed by atoms with Crippen LogP contribution >= 0.6 is 0 Å². The molecule has 7 nitrogen and oxygen atoms in total. The standard InChI is InChI=1S/C20H35N5O2/c1-3-5-18-17(14-21-22-18)20(27)25-8-7-19(16(15-25)6-4-13-26)24-11-9-23(2)10-12-24/h14,16,19,26H,3-13,15H2,1-2H3,(H,21,22)/t16-,19+/m0/s1. The second-order valence-electron chi connectivity index (χ2n) is 8.08. The monoisotopic (exact) mass is 377 g/mol. The van der Waals surface area contributed by atoms with Crippen molar-refractivity contribution in [2.75, 3.05) is 52.9 Å². The SMILES string of the molecule is CCCc1[nH]ncc1C(=O)N1CC[C@@H](N2CCN(C)CC2)[C@@H](CCCO)C1. The molecule has 2 aliphatic heterocycles. The maximum absolute atomic E-state index is 13.1. The molecule has 1 aromatic rings. The second kappa shape index (κ2) is 9.66. The summed E-state index contributed by atoms with van der Waals surface area (Å²) in [6, 6.07) is 0.522. The zero-order valence-corrected chi connectivity index (χ0v) is 16.9. The predicted molar refractivity (Wildman–Crippen MR) is 106 cm³/mol. The molecule has 2 saturated heterocycles. The van der Waals surface area contributed by atoms with Crippen LogP contribution in [0.1, 0.15) is 48.7 Å². The van der Waals surface area contributed by atoms with Crippen LogP contribution in [0.4, 0.5) is 0 Å². The van der Waals surface area contributed by atoms with E-state index in [0.29, 0.717) is 12.0 Å². The third-order valence-electron chi connectivity index (χ3n) is 6.17. The lowest BCUT2D eigenvalue weighted by Gasteiger charge is -2.46. The van der Waals surface area contributed by atoms with E-state index < -0.39 is 0 Å². The van der Waals surface area contributed by atoms with Gasteiger partial charge in [-0.1, -0.05) is 13.3 Å². The number of piperazine rings is 1. The van der Waals surface area contributed by atoms with Gasteiger partial charge in [0, 0.05) is 57.6 Å². The van der Waals surface area contributed by atoms with Gasteiger partial charge in [0.2, 0.25) is 0 Å². The number of aromatic amines is 1. The summed E-state index contributed by atoms with van der Waals surface area (Å²) in [5.41, 5.74) is 1.69. The third kappa shape index (κ3) is 4.89. The number of hydrogen-bond donors (Lipinski definition) is 2. The molecule has 3 heterocycles. The third-order valence-corrected chi connectivity index (χ3v) is 6.17. The van der Waals surface area contributed by atoms with Crippen molar-refractivity contribution >= 4 is 5.91 Å². The van der Waals surface area contributed by atoms with Crippen molar-refractivity contribution in [3.05, 3.63) is 17.5 Å². The molecule has 0 spiro atoms. The number of hydrogen-bond acceptors (Lipinski definition) is 5. The zero-order valence-electron chi connectivity index (χ0n) is 16.9. The lowest BCUT2D eigenvalue weighted by atomic mass is 9.86. The summed E-state index contributed by atoms with van der Waals surface area (Å²) in [5.74, 6) is 0.540. The molecule has 152 valence electrons. The van der Waals surface area contributed by atoms with E-state index in [-0.39, 0.29) is 12.5 Å². The molecule has 0 saturated carbocycles. The number of piperidine rings is 1. The van der Waals surface area contributed by atoms with E-state index in [4.69, 9.17) is 0 Å². The smallest absolute Gasteiger partial charge is 0.257 e. The van der Waals surface area contributed by atoms with Crippen molar-refractivity contribution < 1.29 is 9.90 Å². The first-order valence-electron chi connectivity index (χ1n) is 10.5. The molecular formula is C20H35N5O2. The number of nitrogens with one attached hydrogen (secondary N) is 1. The molecule has 0 aromatic carbocycles. The maximum Gasteiger partial charge on any atom is 0.257 e. The Labute approximate surface area is 162 Å². The number of aliphatic hydroxyl groups excluding tert-OH is 1. The Morgan fingerprint density at radius 3 is 2.78 bits per heavy atom. The maximum atomic E-state index is 13.1. The number of carbonyl (C=O) groups excluding carboxylic acids is 1. The van der Waals surface area contributed by atoms with Gasteiger partial charge in [0.15, 0.2) is 0 Å². The summed E-state index contributed by atoms with van der Waals surface area (Å²) in [6.45, 7) is 8.36. The normalized spacial score (nSPS) is 25.1. The number of rotatable bonds is 7. The summed E-state index contributed by atoms with van der Waals surface area (Å²) in [5, 5.41) is 16.4. The lowest BCUT2D eigenvalue weighted by Crippen LogP contribution is -2.57. The highest BCUT2D eigenvalue weighted by Crippen LogP contribution is 2.28. The number of aryl methyl sites for hydroxylation is 1. The minimum Gasteiger partial charge on any atom is -0.396 e. The Balaban J connectivity index is 1.67. The van der Waals surface area contributed by atoms with E-state index in [1.165, 1.54) is 0 Å². The highest BCUT2D eigenvalue weighted by Gasteiger charge is 2.36. The summed E-state index contributed by atoms with van der Waals surface area (Å²) >= 11 is 0.